The van der Waals surface area contributed by atoms with Crippen LogP contribution >= 0.6 is 0 Å². The average Bonchev–Trinajstić information content (AvgIpc) is 2.76. The van der Waals surface area contributed by atoms with Crippen LogP contribution in [0.4, 0.5) is 0 Å². The van der Waals surface area contributed by atoms with Crippen LogP contribution in [0.15, 0.2) is 22.8 Å². The molecule has 0 aliphatic rings. The van der Waals surface area contributed by atoms with Crippen LogP contribution in [0.1, 0.15) is 30.3 Å². The molecule has 1 amide bonds. The normalized spacial score (nSPS) is 10.3. The number of rotatable bonds is 6. The van der Waals surface area contributed by atoms with Gasteiger partial charge in [0.15, 0.2) is 5.76 Å². The van der Waals surface area contributed by atoms with E-state index in [1.54, 1.807) is 17.0 Å². The molecule has 0 aliphatic heterocycles. The Kier molecular flexibility index (Phi) is 4.90. The van der Waals surface area contributed by atoms with E-state index in [-0.39, 0.29) is 5.91 Å². The highest BCUT2D eigenvalue weighted by Crippen LogP contribution is 2.06. The van der Waals surface area contributed by atoms with Crippen LogP contribution in [0.3, 0.4) is 0 Å². The van der Waals surface area contributed by atoms with Crippen molar-refractivity contribution in [3.8, 4) is 0 Å². The maximum absolute atomic E-state index is 11.9. The molecule has 1 heterocycles. The maximum Gasteiger partial charge on any atom is 0.289 e. The highest BCUT2D eigenvalue weighted by atomic mass is 16.3. The molecule has 0 atom stereocenters. The fourth-order valence-electron chi connectivity index (χ4n) is 1.42. The van der Waals surface area contributed by atoms with Crippen LogP contribution in [0, 0.1) is 0 Å². The number of nitrogens with zero attached hydrogens (tertiary/aromatic N) is 1. The summed E-state index contributed by atoms with van der Waals surface area (Å²) in [5.74, 6) is 0.357. The van der Waals surface area contributed by atoms with E-state index < -0.39 is 0 Å². The van der Waals surface area contributed by atoms with E-state index >= 15 is 0 Å². The van der Waals surface area contributed by atoms with Gasteiger partial charge in [-0.25, -0.2) is 0 Å². The third-order valence-electron chi connectivity index (χ3n) is 2.14. The van der Waals surface area contributed by atoms with Crippen LogP contribution in [0.2, 0.25) is 0 Å². The second kappa shape index (κ2) is 6.24. The summed E-state index contributed by atoms with van der Waals surface area (Å²) < 4.78 is 5.08. The Morgan fingerprint density at radius 3 is 2.87 bits per heavy atom. The molecule has 1 rings (SSSR count). The van der Waals surface area contributed by atoms with Crippen molar-refractivity contribution in [1.82, 2.24) is 4.90 Å². The molecule has 0 fully saturated rings. The van der Waals surface area contributed by atoms with E-state index in [0.717, 1.165) is 19.4 Å². The molecule has 4 heteroatoms. The summed E-state index contributed by atoms with van der Waals surface area (Å²) in [6.07, 6.45) is 3.28. The monoisotopic (exact) mass is 210 g/mol. The molecule has 15 heavy (non-hydrogen) atoms. The van der Waals surface area contributed by atoms with Crippen LogP contribution in [0.25, 0.3) is 0 Å². The maximum atomic E-state index is 11.9. The lowest BCUT2D eigenvalue weighted by Crippen LogP contribution is -2.33. The van der Waals surface area contributed by atoms with Crippen molar-refractivity contribution in [2.24, 2.45) is 5.73 Å². The fraction of sp³-hybridized carbons (Fsp3) is 0.545. The standard InChI is InChI=1S/C11H18N2O2/c1-2-7-13(8-4-6-12)11(14)10-5-3-9-15-10/h3,5,9H,2,4,6-8,12H2,1H3. The van der Waals surface area contributed by atoms with Gasteiger partial charge in [0.05, 0.1) is 6.26 Å². The van der Waals surface area contributed by atoms with Gasteiger partial charge in [0, 0.05) is 13.1 Å². The molecular weight excluding hydrogens is 192 g/mol. The molecule has 0 bridgehead atoms. The predicted octanol–water partition coefficient (Wildman–Crippen LogP) is 1.48. The minimum absolute atomic E-state index is 0.0460. The molecule has 0 saturated heterocycles. The molecule has 2 N–H and O–H groups in total. The lowest BCUT2D eigenvalue weighted by Gasteiger charge is -2.20. The first kappa shape index (κ1) is 11.8. The fourth-order valence-corrected chi connectivity index (χ4v) is 1.42. The molecule has 0 aromatic carbocycles. The Hall–Kier alpha value is -1.29. The van der Waals surface area contributed by atoms with E-state index in [4.69, 9.17) is 10.2 Å². The number of carbonyl (C=O) groups excluding carboxylic acids is 1. The van der Waals surface area contributed by atoms with Gasteiger partial charge in [-0.15, -0.1) is 0 Å². The first-order valence-electron chi connectivity index (χ1n) is 5.32. The summed E-state index contributed by atoms with van der Waals surface area (Å²) >= 11 is 0. The van der Waals surface area contributed by atoms with Crippen molar-refractivity contribution in [2.75, 3.05) is 19.6 Å². The molecule has 0 aliphatic carbocycles. The zero-order valence-electron chi connectivity index (χ0n) is 9.11. The third-order valence-corrected chi connectivity index (χ3v) is 2.14. The molecule has 0 saturated carbocycles. The molecule has 0 unspecified atom stereocenters. The first-order chi connectivity index (χ1) is 7.29. The van der Waals surface area contributed by atoms with Crippen LogP contribution < -0.4 is 5.73 Å². The van der Waals surface area contributed by atoms with Gasteiger partial charge in [-0.05, 0) is 31.5 Å². The van der Waals surface area contributed by atoms with Crippen molar-refractivity contribution in [3.63, 3.8) is 0 Å². The van der Waals surface area contributed by atoms with Crippen molar-refractivity contribution >= 4 is 5.91 Å². The highest BCUT2D eigenvalue weighted by molar-refractivity contribution is 5.91. The Morgan fingerprint density at radius 1 is 1.53 bits per heavy atom. The molecule has 1 aromatic heterocycles. The van der Waals surface area contributed by atoms with E-state index in [0.29, 0.717) is 18.8 Å². The second-order valence-corrected chi connectivity index (χ2v) is 3.41. The third kappa shape index (κ3) is 3.40. The van der Waals surface area contributed by atoms with Gasteiger partial charge in [0.2, 0.25) is 0 Å². The summed E-state index contributed by atoms with van der Waals surface area (Å²) in [6.45, 7) is 4.10. The van der Waals surface area contributed by atoms with E-state index in [2.05, 4.69) is 0 Å². The molecule has 0 spiro atoms. The Labute approximate surface area is 90.0 Å². The number of hydrogen-bond donors (Lipinski definition) is 1. The van der Waals surface area contributed by atoms with Crippen molar-refractivity contribution in [3.05, 3.63) is 24.2 Å². The second-order valence-electron chi connectivity index (χ2n) is 3.41. The van der Waals surface area contributed by atoms with Crippen LogP contribution in [-0.4, -0.2) is 30.4 Å². The first-order valence-corrected chi connectivity index (χ1v) is 5.32. The van der Waals surface area contributed by atoms with Crippen LogP contribution in [-0.2, 0) is 0 Å². The summed E-state index contributed by atoms with van der Waals surface area (Å²) in [4.78, 5) is 13.7. The number of carbonyl (C=O) groups is 1. The molecule has 4 nitrogen and oxygen atoms in total. The molecule has 84 valence electrons. The van der Waals surface area contributed by atoms with Crippen molar-refractivity contribution in [1.29, 1.82) is 0 Å². The Bertz CT molecular complexity index is 283. The predicted molar refractivity (Wildman–Crippen MR) is 58.6 cm³/mol. The number of nitrogens with two attached hydrogens (primary N) is 1. The van der Waals surface area contributed by atoms with Gasteiger partial charge in [-0.2, -0.15) is 0 Å². The van der Waals surface area contributed by atoms with Gasteiger partial charge in [-0.3, -0.25) is 4.79 Å². The summed E-state index contributed by atoms with van der Waals surface area (Å²) in [5, 5.41) is 0. The lowest BCUT2D eigenvalue weighted by atomic mass is 10.3. The minimum atomic E-state index is -0.0460. The average molecular weight is 210 g/mol. The minimum Gasteiger partial charge on any atom is -0.459 e. The van der Waals surface area contributed by atoms with Gasteiger partial charge in [-0.1, -0.05) is 6.92 Å². The van der Waals surface area contributed by atoms with Crippen LogP contribution in [0.5, 0.6) is 0 Å². The van der Waals surface area contributed by atoms with E-state index in [1.165, 1.54) is 6.26 Å². The van der Waals surface area contributed by atoms with E-state index in [9.17, 15) is 4.79 Å². The smallest absolute Gasteiger partial charge is 0.289 e. The lowest BCUT2D eigenvalue weighted by molar-refractivity contribution is 0.0722. The van der Waals surface area contributed by atoms with Crippen molar-refractivity contribution < 1.29 is 9.21 Å². The SMILES string of the molecule is CCCN(CCCN)C(=O)c1ccco1. The van der Waals surface area contributed by atoms with Gasteiger partial charge < -0.3 is 15.1 Å². The van der Waals surface area contributed by atoms with Gasteiger partial charge in [0.1, 0.15) is 0 Å². The number of furan rings is 1. The Balaban J connectivity index is 2.58. The molecular formula is C11H18N2O2. The highest BCUT2D eigenvalue weighted by Gasteiger charge is 2.16. The van der Waals surface area contributed by atoms with Gasteiger partial charge in [0.25, 0.3) is 5.91 Å². The Morgan fingerprint density at radius 2 is 2.33 bits per heavy atom. The summed E-state index contributed by atoms with van der Waals surface area (Å²) in [7, 11) is 0. The topological polar surface area (TPSA) is 59.5 Å². The van der Waals surface area contributed by atoms with E-state index in [1.807, 2.05) is 6.92 Å². The summed E-state index contributed by atoms with van der Waals surface area (Å²) in [6, 6.07) is 3.41. The van der Waals surface area contributed by atoms with Gasteiger partial charge >= 0.3 is 0 Å². The zero-order valence-corrected chi connectivity index (χ0v) is 9.11. The zero-order chi connectivity index (χ0) is 11.1. The molecule has 1 aromatic rings. The summed E-state index contributed by atoms with van der Waals surface area (Å²) in [5.41, 5.74) is 5.43. The number of amides is 1. The number of hydrogen-bond acceptors (Lipinski definition) is 3. The molecule has 0 radical (unpaired) electrons. The van der Waals surface area contributed by atoms with Crippen molar-refractivity contribution in [2.45, 2.75) is 19.8 Å². The quantitative estimate of drug-likeness (QED) is 0.773. The largest absolute Gasteiger partial charge is 0.459 e.